The number of nitrogens with one attached hydrogen (secondary N) is 1. The highest BCUT2D eigenvalue weighted by Crippen LogP contribution is 2.31. The number of methoxy groups -OCH3 is 1. The Balaban J connectivity index is 1.57. The van der Waals surface area contributed by atoms with Crippen LogP contribution in [-0.4, -0.2) is 28.7 Å². The third kappa shape index (κ3) is 3.63. The van der Waals surface area contributed by atoms with Gasteiger partial charge < -0.3 is 15.8 Å². The Kier molecular flexibility index (Phi) is 5.22. The smallest absolute Gasteiger partial charge is 0.254 e. The third-order valence-corrected chi connectivity index (χ3v) is 5.30. The molecule has 0 fully saturated rings. The van der Waals surface area contributed by atoms with E-state index in [1.165, 1.54) is 12.1 Å². The van der Waals surface area contributed by atoms with E-state index in [4.69, 9.17) is 10.5 Å². The first-order valence-electron chi connectivity index (χ1n) is 9.59. The summed E-state index contributed by atoms with van der Waals surface area (Å²) >= 11 is 0. The molecule has 7 nitrogen and oxygen atoms in total. The standard InChI is InChI=1S/C22H21FN4O3/c1-30-15-8-6-14(7-9-15)27-20-4-2-3-19(17(20)12-25-27)26-22(29)16-10-5-13(21(24)28)11-18(16)23/h5-12,19H,2-4H2,1H3,(H2,24,28)(H,26,29). The monoisotopic (exact) mass is 408 g/mol. The Bertz CT molecular complexity index is 1110. The second-order valence-corrected chi connectivity index (χ2v) is 7.13. The predicted molar refractivity (Wildman–Crippen MR) is 108 cm³/mol. The fourth-order valence-electron chi connectivity index (χ4n) is 3.74. The van der Waals surface area contributed by atoms with Crippen LogP contribution in [-0.2, 0) is 6.42 Å². The SMILES string of the molecule is COc1ccc(-n2ncc3c2CCCC3NC(=O)c2ccc(C(N)=O)cc2F)cc1. The van der Waals surface area contributed by atoms with Gasteiger partial charge >= 0.3 is 0 Å². The summed E-state index contributed by atoms with van der Waals surface area (Å²) in [7, 11) is 1.61. The Morgan fingerprint density at radius 1 is 1.23 bits per heavy atom. The summed E-state index contributed by atoms with van der Waals surface area (Å²) in [6, 6.07) is 10.9. The molecule has 154 valence electrons. The Hall–Kier alpha value is -3.68. The number of halogens is 1. The fraction of sp³-hybridized carbons (Fsp3) is 0.227. The Morgan fingerprint density at radius 2 is 2.00 bits per heavy atom. The number of amides is 2. The van der Waals surface area contributed by atoms with E-state index in [-0.39, 0.29) is 17.2 Å². The summed E-state index contributed by atoms with van der Waals surface area (Å²) < 4.78 is 21.4. The van der Waals surface area contributed by atoms with E-state index in [1.807, 2.05) is 28.9 Å². The molecule has 1 aliphatic rings. The zero-order valence-electron chi connectivity index (χ0n) is 16.4. The molecular formula is C22H21FN4O3. The number of fused-ring (bicyclic) bond motifs is 1. The van der Waals surface area contributed by atoms with Gasteiger partial charge in [-0.05, 0) is 61.7 Å². The lowest BCUT2D eigenvalue weighted by atomic mass is 9.92. The molecule has 2 aromatic carbocycles. The topological polar surface area (TPSA) is 99.2 Å². The van der Waals surface area contributed by atoms with Crippen molar-refractivity contribution in [2.24, 2.45) is 5.73 Å². The van der Waals surface area contributed by atoms with Gasteiger partial charge in [0.1, 0.15) is 11.6 Å². The number of nitrogens with zero attached hydrogens (tertiary/aromatic N) is 2. The number of carbonyl (C=O) groups is 2. The molecule has 0 aliphatic heterocycles. The minimum absolute atomic E-state index is 0.0183. The van der Waals surface area contributed by atoms with Gasteiger partial charge in [0.05, 0.1) is 30.6 Å². The molecule has 1 atom stereocenters. The number of hydrogen-bond acceptors (Lipinski definition) is 4. The van der Waals surface area contributed by atoms with Crippen molar-refractivity contribution in [2.45, 2.75) is 25.3 Å². The van der Waals surface area contributed by atoms with Crippen LogP contribution in [0.4, 0.5) is 4.39 Å². The largest absolute Gasteiger partial charge is 0.497 e. The summed E-state index contributed by atoms with van der Waals surface area (Å²) in [5.74, 6) is -1.31. The van der Waals surface area contributed by atoms with Crippen molar-refractivity contribution in [3.63, 3.8) is 0 Å². The van der Waals surface area contributed by atoms with Gasteiger partial charge in [-0.3, -0.25) is 9.59 Å². The number of hydrogen-bond donors (Lipinski definition) is 2. The van der Waals surface area contributed by atoms with E-state index in [2.05, 4.69) is 10.4 Å². The molecule has 1 unspecified atom stereocenters. The Labute approximate surface area is 172 Å². The van der Waals surface area contributed by atoms with Crippen molar-refractivity contribution in [1.82, 2.24) is 15.1 Å². The van der Waals surface area contributed by atoms with E-state index in [1.54, 1.807) is 13.3 Å². The van der Waals surface area contributed by atoms with E-state index in [0.717, 1.165) is 48.0 Å². The van der Waals surface area contributed by atoms with Crippen LogP contribution in [0.5, 0.6) is 5.75 Å². The quantitative estimate of drug-likeness (QED) is 0.678. The number of aromatic nitrogens is 2. The van der Waals surface area contributed by atoms with Crippen LogP contribution < -0.4 is 15.8 Å². The van der Waals surface area contributed by atoms with E-state index in [0.29, 0.717) is 0 Å². The molecule has 3 aromatic rings. The maximum absolute atomic E-state index is 14.3. The highest BCUT2D eigenvalue weighted by molar-refractivity contribution is 5.97. The normalized spacial score (nSPS) is 15.3. The van der Waals surface area contributed by atoms with Gasteiger partial charge in [0, 0.05) is 16.8 Å². The summed E-state index contributed by atoms with van der Waals surface area (Å²) in [6.07, 6.45) is 4.17. The number of benzene rings is 2. The molecule has 0 spiro atoms. The van der Waals surface area contributed by atoms with Crippen LogP contribution in [0.2, 0.25) is 0 Å². The maximum atomic E-state index is 14.3. The lowest BCUT2D eigenvalue weighted by molar-refractivity contribution is 0.0926. The summed E-state index contributed by atoms with van der Waals surface area (Å²) in [4.78, 5) is 23.8. The number of rotatable bonds is 5. The number of nitrogens with two attached hydrogens (primary N) is 1. The first-order chi connectivity index (χ1) is 14.5. The lowest BCUT2D eigenvalue weighted by Gasteiger charge is -2.24. The van der Waals surface area contributed by atoms with Gasteiger partial charge in [-0.25, -0.2) is 9.07 Å². The summed E-state index contributed by atoms with van der Waals surface area (Å²) in [5.41, 5.74) is 7.88. The van der Waals surface area contributed by atoms with Gasteiger partial charge in [-0.2, -0.15) is 5.10 Å². The second kappa shape index (κ2) is 7.98. The number of ether oxygens (including phenoxy) is 1. The molecule has 3 N–H and O–H groups in total. The molecular weight excluding hydrogens is 387 g/mol. The predicted octanol–water partition coefficient (Wildman–Crippen LogP) is 2.93. The van der Waals surface area contributed by atoms with Crippen molar-refractivity contribution in [3.05, 3.63) is 76.9 Å². The molecule has 1 aliphatic carbocycles. The van der Waals surface area contributed by atoms with Gasteiger partial charge in [-0.1, -0.05) is 0 Å². The van der Waals surface area contributed by atoms with E-state index >= 15 is 0 Å². The highest BCUT2D eigenvalue weighted by atomic mass is 19.1. The van der Waals surface area contributed by atoms with Gasteiger partial charge in [0.25, 0.3) is 5.91 Å². The van der Waals surface area contributed by atoms with Gasteiger partial charge in [0.15, 0.2) is 0 Å². The van der Waals surface area contributed by atoms with Crippen molar-refractivity contribution in [2.75, 3.05) is 7.11 Å². The van der Waals surface area contributed by atoms with Crippen LogP contribution in [0.3, 0.4) is 0 Å². The molecule has 2 amide bonds. The van der Waals surface area contributed by atoms with Crippen molar-refractivity contribution >= 4 is 11.8 Å². The van der Waals surface area contributed by atoms with Crippen LogP contribution in [0.1, 0.15) is 50.9 Å². The average Bonchev–Trinajstić information content (AvgIpc) is 3.18. The first-order valence-corrected chi connectivity index (χ1v) is 9.59. The first kappa shape index (κ1) is 19.6. The lowest BCUT2D eigenvalue weighted by Crippen LogP contribution is -2.31. The summed E-state index contributed by atoms with van der Waals surface area (Å²) in [6.45, 7) is 0. The molecule has 1 heterocycles. The second-order valence-electron chi connectivity index (χ2n) is 7.13. The fourth-order valence-corrected chi connectivity index (χ4v) is 3.74. The Morgan fingerprint density at radius 3 is 2.67 bits per heavy atom. The molecule has 1 aromatic heterocycles. The van der Waals surface area contributed by atoms with E-state index < -0.39 is 17.6 Å². The minimum atomic E-state index is -0.784. The zero-order chi connectivity index (χ0) is 21.3. The molecule has 0 saturated carbocycles. The molecule has 30 heavy (non-hydrogen) atoms. The number of primary amides is 1. The van der Waals surface area contributed by atoms with Crippen LogP contribution in [0, 0.1) is 5.82 Å². The summed E-state index contributed by atoms with van der Waals surface area (Å²) in [5, 5.41) is 7.40. The van der Waals surface area contributed by atoms with E-state index in [9.17, 15) is 14.0 Å². The highest BCUT2D eigenvalue weighted by Gasteiger charge is 2.27. The average molecular weight is 408 g/mol. The van der Waals surface area contributed by atoms with Crippen molar-refractivity contribution < 1.29 is 18.7 Å². The van der Waals surface area contributed by atoms with Crippen LogP contribution in [0.25, 0.3) is 5.69 Å². The zero-order valence-corrected chi connectivity index (χ0v) is 16.4. The van der Waals surface area contributed by atoms with Crippen LogP contribution >= 0.6 is 0 Å². The maximum Gasteiger partial charge on any atom is 0.254 e. The molecule has 8 heteroatoms. The molecule has 4 rings (SSSR count). The molecule has 0 saturated heterocycles. The number of carbonyl (C=O) groups excluding carboxylic acids is 2. The minimum Gasteiger partial charge on any atom is -0.497 e. The molecule has 0 bridgehead atoms. The van der Waals surface area contributed by atoms with Crippen molar-refractivity contribution in [1.29, 1.82) is 0 Å². The molecule has 0 radical (unpaired) electrons. The van der Waals surface area contributed by atoms with Crippen LogP contribution in [0.15, 0.2) is 48.7 Å². The van der Waals surface area contributed by atoms with Gasteiger partial charge in [-0.15, -0.1) is 0 Å². The van der Waals surface area contributed by atoms with Gasteiger partial charge in [0.2, 0.25) is 5.91 Å². The third-order valence-electron chi connectivity index (χ3n) is 5.30. The van der Waals surface area contributed by atoms with Crippen molar-refractivity contribution in [3.8, 4) is 11.4 Å².